The third-order valence-electron chi connectivity index (χ3n) is 5.75. The number of carbonyl (C=O) groups is 3. The molecule has 9 heteroatoms. The van der Waals surface area contributed by atoms with Crippen molar-refractivity contribution in [1.82, 2.24) is 5.32 Å². The number of carbonyl (C=O) groups excluding carboxylic acids is 2. The lowest BCUT2D eigenvalue weighted by Crippen LogP contribution is -2.24. The Kier molecular flexibility index (Phi) is 5.80. The lowest BCUT2D eigenvalue weighted by atomic mass is 9.98. The number of ether oxygens (including phenoxy) is 1. The number of nitrogens with one attached hydrogen (secondary N) is 2. The largest absolute Gasteiger partial charge is 0.475 e. The highest BCUT2D eigenvalue weighted by molar-refractivity contribution is 6.00. The Bertz CT molecular complexity index is 1370. The monoisotopic (exact) mass is 472 g/mol. The summed E-state index contributed by atoms with van der Waals surface area (Å²) in [5.74, 6) is -2.01. The van der Waals surface area contributed by atoms with Gasteiger partial charge >= 0.3 is 12.1 Å². The molecule has 2 aromatic carbocycles. The molecule has 0 fully saturated rings. The van der Waals surface area contributed by atoms with Crippen LogP contribution >= 0.6 is 0 Å². The van der Waals surface area contributed by atoms with Crippen molar-refractivity contribution in [3.05, 3.63) is 101 Å². The molecule has 0 aliphatic heterocycles. The molecule has 0 unspecified atom stereocenters. The molecule has 2 amide bonds. The molecule has 2 aromatic heterocycles. The Labute approximate surface area is 199 Å². The summed E-state index contributed by atoms with van der Waals surface area (Å²) in [5.41, 5.74) is 4.57. The summed E-state index contributed by atoms with van der Waals surface area (Å²) < 4.78 is 15.8. The normalized spacial score (nSPS) is 12.0. The zero-order chi connectivity index (χ0) is 24.4. The molecule has 0 saturated carbocycles. The number of rotatable bonds is 7. The van der Waals surface area contributed by atoms with Gasteiger partial charge in [0.1, 0.15) is 12.4 Å². The first-order chi connectivity index (χ1) is 17.0. The smallest absolute Gasteiger partial charge is 0.411 e. The van der Waals surface area contributed by atoms with Crippen LogP contribution in [0.5, 0.6) is 0 Å². The van der Waals surface area contributed by atoms with E-state index in [0.717, 1.165) is 22.3 Å². The van der Waals surface area contributed by atoms with Gasteiger partial charge in [-0.15, -0.1) is 0 Å². The number of hydrogen-bond donors (Lipinski definition) is 3. The number of benzene rings is 2. The second-order valence-electron chi connectivity index (χ2n) is 7.87. The summed E-state index contributed by atoms with van der Waals surface area (Å²) >= 11 is 0. The molecule has 9 nitrogen and oxygen atoms in total. The Balaban J connectivity index is 1.20. The zero-order valence-corrected chi connectivity index (χ0v) is 18.3. The first-order valence-electron chi connectivity index (χ1n) is 10.8. The fourth-order valence-corrected chi connectivity index (χ4v) is 4.16. The van der Waals surface area contributed by atoms with Gasteiger partial charge in [-0.05, 0) is 34.4 Å². The number of carboxylic acids is 1. The zero-order valence-electron chi connectivity index (χ0n) is 18.3. The lowest BCUT2D eigenvalue weighted by molar-refractivity contribution is 0.0660. The van der Waals surface area contributed by atoms with Gasteiger partial charge in [-0.3, -0.25) is 10.1 Å². The molecule has 176 valence electrons. The summed E-state index contributed by atoms with van der Waals surface area (Å²) in [5, 5.41) is 14.0. The van der Waals surface area contributed by atoms with Gasteiger partial charge in [0.25, 0.3) is 5.91 Å². The number of fused-ring (bicyclic) bond motifs is 3. The van der Waals surface area contributed by atoms with Crippen molar-refractivity contribution >= 4 is 23.7 Å². The van der Waals surface area contributed by atoms with Crippen LogP contribution in [0.25, 0.3) is 11.1 Å². The van der Waals surface area contributed by atoms with E-state index < -0.39 is 18.0 Å². The Hall–Kier alpha value is -4.79. The van der Waals surface area contributed by atoms with Crippen LogP contribution in [0, 0.1) is 0 Å². The predicted octanol–water partition coefficient (Wildman–Crippen LogP) is 4.86. The first-order valence-corrected chi connectivity index (χ1v) is 10.8. The van der Waals surface area contributed by atoms with Gasteiger partial charge in [0, 0.05) is 12.0 Å². The molecule has 35 heavy (non-hydrogen) atoms. The van der Waals surface area contributed by atoms with Crippen LogP contribution in [0.1, 0.15) is 43.9 Å². The van der Waals surface area contributed by atoms with Crippen LogP contribution < -0.4 is 10.6 Å². The number of amides is 2. The number of aromatic carboxylic acids is 1. The summed E-state index contributed by atoms with van der Waals surface area (Å²) in [6.07, 6.45) is 0.545. The Morgan fingerprint density at radius 3 is 2.26 bits per heavy atom. The van der Waals surface area contributed by atoms with E-state index in [2.05, 4.69) is 22.8 Å². The van der Waals surface area contributed by atoms with Crippen LogP contribution in [0.2, 0.25) is 0 Å². The third-order valence-corrected chi connectivity index (χ3v) is 5.75. The van der Waals surface area contributed by atoms with E-state index in [1.165, 1.54) is 24.5 Å². The third kappa shape index (κ3) is 4.39. The van der Waals surface area contributed by atoms with E-state index in [9.17, 15) is 14.4 Å². The van der Waals surface area contributed by atoms with Crippen LogP contribution in [0.4, 0.5) is 10.5 Å². The number of carboxylic acid groups (broad SMARTS) is 1. The van der Waals surface area contributed by atoms with Gasteiger partial charge in [0.05, 0.1) is 18.5 Å². The van der Waals surface area contributed by atoms with Crippen LogP contribution in [0.3, 0.4) is 0 Å². The molecule has 0 bridgehead atoms. The standard InChI is InChI=1S/C26H20N2O7/c29-24(27-13-15-9-10-22(35-15)25(30)31)23-21(11-12-33-23)28-26(32)34-14-20-18-7-3-1-5-16(18)17-6-2-4-8-19(17)20/h1-12,20H,13-14H2,(H,27,29)(H,28,32)(H,30,31). The maximum Gasteiger partial charge on any atom is 0.411 e. The van der Waals surface area contributed by atoms with Gasteiger partial charge in [-0.2, -0.15) is 0 Å². The maximum atomic E-state index is 12.5. The van der Waals surface area contributed by atoms with Crippen molar-refractivity contribution < 1.29 is 33.1 Å². The predicted molar refractivity (Wildman–Crippen MR) is 124 cm³/mol. The molecule has 1 aliphatic carbocycles. The topological polar surface area (TPSA) is 131 Å². The van der Waals surface area contributed by atoms with E-state index in [0.29, 0.717) is 0 Å². The molecule has 1 aliphatic rings. The van der Waals surface area contributed by atoms with Crippen molar-refractivity contribution in [3.63, 3.8) is 0 Å². The number of furan rings is 2. The van der Waals surface area contributed by atoms with Gasteiger partial charge in [-0.25, -0.2) is 9.59 Å². The Morgan fingerprint density at radius 1 is 0.914 bits per heavy atom. The first kappa shape index (κ1) is 22.0. The second kappa shape index (κ2) is 9.22. The van der Waals surface area contributed by atoms with Crippen molar-refractivity contribution in [2.75, 3.05) is 11.9 Å². The van der Waals surface area contributed by atoms with Gasteiger partial charge < -0.3 is 24.0 Å². The molecular weight excluding hydrogens is 452 g/mol. The molecule has 0 saturated heterocycles. The van der Waals surface area contributed by atoms with E-state index in [-0.39, 0.29) is 42.0 Å². The summed E-state index contributed by atoms with van der Waals surface area (Å²) in [6.45, 7) is 0.0703. The average Bonchev–Trinajstić information content (AvgIpc) is 3.59. The van der Waals surface area contributed by atoms with Crippen LogP contribution in [-0.4, -0.2) is 29.7 Å². The van der Waals surface area contributed by atoms with Crippen molar-refractivity contribution in [2.24, 2.45) is 0 Å². The molecule has 2 heterocycles. The molecular formula is C26H20N2O7. The van der Waals surface area contributed by atoms with Crippen LogP contribution in [0.15, 0.2) is 81.8 Å². The van der Waals surface area contributed by atoms with Gasteiger partial charge in [0.15, 0.2) is 0 Å². The summed E-state index contributed by atoms with van der Waals surface area (Å²) in [6, 6.07) is 20.2. The molecule has 0 spiro atoms. The minimum Gasteiger partial charge on any atom is -0.475 e. The summed E-state index contributed by atoms with van der Waals surface area (Å²) in [7, 11) is 0. The minimum absolute atomic E-state index is 0.0583. The highest BCUT2D eigenvalue weighted by Crippen LogP contribution is 2.44. The molecule has 5 rings (SSSR count). The molecule has 4 aromatic rings. The minimum atomic E-state index is -1.21. The van der Waals surface area contributed by atoms with Crippen LogP contribution in [-0.2, 0) is 11.3 Å². The SMILES string of the molecule is O=C(Nc1ccoc1C(=O)NCc1ccc(C(=O)O)o1)OCC1c2ccccc2-c2ccccc21. The highest BCUT2D eigenvalue weighted by Gasteiger charge is 2.29. The fourth-order valence-electron chi connectivity index (χ4n) is 4.16. The van der Waals surface area contributed by atoms with Gasteiger partial charge in [0.2, 0.25) is 11.5 Å². The van der Waals surface area contributed by atoms with Crippen molar-refractivity contribution in [1.29, 1.82) is 0 Å². The number of hydrogen-bond acceptors (Lipinski definition) is 6. The lowest BCUT2D eigenvalue weighted by Gasteiger charge is -2.14. The molecule has 3 N–H and O–H groups in total. The fraction of sp³-hybridized carbons (Fsp3) is 0.115. The van der Waals surface area contributed by atoms with E-state index >= 15 is 0 Å². The van der Waals surface area contributed by atoms with Crippen molar-refractivity contribution in [2.45, 2.75) is 12.5 Å². The van der Waals surface area contributed by atoms with E-state index in [1.54, 1.807) is 0 Å². The maximum absolute atomic E-state index is 12.5. The average molecular weight is 472 g/mol. The number of anilines is 1. The van der Waals surface area contributed by atoms with E-state index in [4.69, 9.17) is 18.7 Å². The summed E-state index contributed by atoms with van der Waals surface area (Å²) in [4.78, 5) is 35.9. The Morgan fingerprint density at radius 2 is 1.60 bits per heavy atom. The van der Waals surface area contributed by atoms with E-state index in [1.807, 2.05) is 36.4 Å². The van der Waals surface area contributed by atoms with Gasteiger partial charge in [-0.1, -0.05) is 48.5 Å². The quantitative estimate of drug-likeness (QED) is 0.350. The molecule has 0 radical (unpaired) electrons. The second-order valence-corrected chi connectivity index (χ2v) is 7.87. The highest BCUT2D eigenvalue weighted by atomic mass is 16.5. The molecule has 0 atom stereocenters. The van der Waals surface area contributed by atoms with Crippen molar-refractivity contribution in [3.8, 4) is 11.1 Å².